The lowest BCUT2D eigenvalue weighted by atomic mass is 10.0. The van der Waals surface area contributed by atoms with Crippen molar-refractivity contribution in [1.29, 1.82) is 0 Å². The molecular weight excluding hydrogens is 458 g/mol. The second-order valence-corrected chi connectivity index (χ2v) is 9.16. The number of benzene rings is 2. The molecule has 2 aromatic carbocycles. The van der Waals surface area contributed by atoms with E-state index in [9.17, 15) is 9.59 Å². The van der Waals surface area contributed by atoms with Crippen molar-refractivity contribution in [3.63, 3.8) is 0 Å². The van der Waals surface area contributed by atoms with Gasteiger partial charge in [-0.2, -0.15) is 0 Å². The Morgan fingerprint density at radius 2 is 1.76 bits per heavy atom. The molecule has 7 nitrogen and oxygen atoms in total. The van der Waals surface area contributed by atoms with E-state index in [1.54, 1.807) is 24.3 Å². The van der Waals surface area contributed by atoms with Crippen molar-refractivity contribution < 1.29 is 9.59 Å². The predicted molar refractivity (Wildman–Crippen MR) is 131 cm³/mol. The van der Waals surface area contributed by atoms with E-state index in [4.69, 9.17) is 11.6 Å². The number of rotatable bonds is 10. The number of hydrogen-bond acceptors (Lipinski definition) is 5. The van der Waals surface area contributed by atoms with Crippen LogP contribution in [0.2, 0.25) is 5.02 Å². The van der Waals surface area contributed by atoms with E-state index in [0.717, 1.165) is 5.56 Å². The molecule has 0 spiro atoms. The lowest BCUT2D eigenvalue weighted by Crippen LogP contribution is -2.34. The molecule has 0 radical (unpaired) electrons. The molecule has 0 saturated heterocycles. The van der Waals surface area contributed by atoms with Crippen LogP contribution in [0.15, 0.2) is 59.8 Å². The zero-order valence-corrected chi connectivity index (χ0v) is 20.5. The van der Waals surface area contributed by atoms with Gasteiger partial charge in [-0.25, -0.2) is 0 Å². The van der Waals surface area contributed by atoms with Crippen molar-refractivity contribution in [2.45, 2.75) is 45.1 Å². The molecule has 33 heavy (non-hydrogen) atoms. The summed E-state index contributed by atoms with van der Waals surface area (Å²) in [6.45, 7) is 7.10. The Kier molecular flexibility index (Phi) is 8.91. The normalized spacial score (nSPS) is 11.9. The maximum Gasteiger partial charge on any atom is 0.253 e. The van der Waals surface area contributed by atoms with Gasteiger partial charge in [-0.3, -0.25) is 9.59 Å². The summed E-state index contributed by atoms with van der Waals surface area (Å²) in [6.07, 6.45) is 0. The number of nitrogens with zero attached hydrogens (tertiary/aromatic N) is 3. The van der Waals surface area contributed by atoms with Gasteiger partial charge in [-0.05, 0) is 30.5 Å². The van der Waals surface area contributed by atoms with Crippen molar-refractivity contribution in [3.8, 4) is 0 Å². The van der Waals surface area contributed by atoms with Crippen molar-refractivity contribution in [2.75, 3.05) is 5.75 Å². The Morgan fingerprint density at radius 3 is 2.42 bits per heavy atom. The predicted octanol–water partition coefficient (Wildman–Crippen LogP) is 4.49. The standard InChI is InChI=1S/C24H28ClN5O2S/c1-4-30-22(21(16(2)3)27-23(32)18-12-8-9-13-19(18)25)28-29-24(30)33-15-20(31)26-14-17-10-6-5-7-11-17/h5-13,16,21H,4,14-15H2,1-3H3,(H,26,31)(H,27,32)/t21-/m1/s1. The fourth-order valence-electron chi connectivity index (χ4n) is 3.31. The maximum absolute atomic E-state index is 12.9. The molecule has 0 aliphatic carbocycles. The molecule has 0 aliphatic rings. The van der Waals surface area contributed by atoms with Gasteiger partial charge < -0.3 is 15.2 Å². The van der Waals surface area contributed by atoms with Crippen LogP contribution in [0, 0.1) is 5.92 Å². The first-order chi connectivity index (χ1) is 15.9. The molecule has 0 unspecified atom stereocenters. The first kappa shape index (κ1) is 24.8. The topological polar surface area (TPSA) is 88.9 Å². The van der Waals surface area contributed by atoms with Gasteiger partial charge in [-0.1, -0.05) is 79.7 Å². The minimum absolute atomic E-state index is 0.0676. The second kappa shape index (κ2) is 11.9. The first-order valence-electron chi connectivity index (χ1n) is 10.8. The van der Waals surface area contributed by atoms with E-state index in [2.05, 4.69) is 20.8 Å². The summed E-state index contributed by atoms with van der Waals surface area (Å²) in [7, 11) is 0. The van der Waals surface area contributed by atoms with Crippen LogP contribution in [0.3, 0.4) is 0 Å². The Labute approximate surface area is 203 Å². The Balaban J connectivity index is 1.67. The van der Waals surface area contributed by atoms with Gasteiger partial charge in [0.05, 0.1) is 22.4 Å². The summed E-state index contributed by atoms with van der Waals surface area (Å²) in [5.41, 5.74) is 1.46. The SMILES string of the molecule is CCn1c(SCC(=O)NCc2ccccc2)nnc1[C@H](NC(=O)c1ccccc1Cl)C(C)C. The monoisotopic (exact) mass is 485 g/mol. The molecule has 2 amide bonds. The van der Waals surface area contributed by atoms with Gasteiger partial charge in [0.1, 0.15) is 0 Å². The third kappa shape index (κ3) is 6.58. The van der Waals surface area contributed by atoms with Gasteiger partial charge >= 0.3 is 0 Å². The summed E-state index contributed by atoms with van der Waals surface area (Å²) in [6, 6.07) is 16.3. The highest BCUT2D eigenvalue weighted by Gasteiger charge is 2.26. The second-order valence-electron chi connectivity index (χ2n) is 7.81. The number of amides is 2. The van der Waals surface area contributed by atoms with Crippen LogP contribution >= 0.6 is 23.4 Å². The molecule has 2 N–H and O–H groups in total. The molecule has 0 aliphatic heterocycles. The minimum Gasteiger partial charge on any atom is -0.351 e. The molecule has 9 heteroatoms. The molecule has 0 saturated carbocycles. The molecule has 3 aromatic rings. The molecular formula is C24H28ClN5O2S. The lowest BCUT2D eigenvalue weighted by molar-refractivity contribution is -0.118. The smallest absolute Gasteiger partial charge is 0.253 e. The van der Waals surface area contributed by atoms with Crippen molar-refractivity contribution in [1.82, 2.24) is 25.4 Å². The lowest BCUT2D eigenvalue weighted by Gasteiger charge is -2.22. The maximum atomic E-state index is 12.9. The number of hydrogen-bond donors (Lipinski definition) is 2. The zero-order valence-electron chi connectivity index (χ0n) is 18.9. The Bertz CT molecular complexity index is 1090. The molecule has 174 valence electrons. The number of carbonyl (C=O) groups excluding carboxylic acids is 2. The third-order valence-corrected chi connectivity index (χ3v) is 6.37. The number of nitrogens with one attached hydrogen (secondary N) is 2. The summed E-state index contributed by atoms with van der Waals surface area (Å²) in [4.78, 5) is 25.2. The Morgan fingerprint density at radius 1 is 1.06 bits per heavy atom. The molecule has 1 aromatic heterocycles. The third-order valence-electron chi connectivity index (χ3n) is 5.08. The zero-order chi connectivity index (χ0) is 23.8. The van der Waals surface area contributed by atoms with Gasteiger partial charge in [0.15, 0.2) is 11.0 Å². The molecule has 1 heterocycles. The van der Waals surface area contributed by atoms with Crippen LogP contribution in [-0.2, 0) is 17.9 Å². The van der Waals surface area contributed by atoms with E-state index in [1.165, 1.54) is 11.8 Å². The molecule has 3 rings (SSSR count). The van der Waals surface area contributed by atoms with Crippen molar-refractivity contribution in [2.24, 2.45) is 5.92 Å². The van der Waals surface area contributed by atoms with Gasteiger partial charge in [-0.15, -0.1) is 10.2 Å². The molecule has 0 bridgehead atoms. The number of halogens is 1. The summed E-state index contributed by atoms with van der Waals surface area (Å²) in [5.74, 6) is 0.601. The Hall–Kier alpha value is -2.84. The first-order valence-corrected chi connectivity index (χ1v) is 12.2. The molecule has 1 atom stereocenters. The van der Waals surface area contributed by atoms with E-state index in [1.807, 2.05) is 55.7 Å². The quantitative estimate of drug-likeness (QED) is 0.413. The number of thioether (sulfide) groups is 1. The average molecular weight is 486 g/mol. The summed E-state index contributed by atoms with van der Waals surface area (Å²) < 4.78 is 1.94. The fraction of sp³-hybridized carbons (Fsp3) is 0.333. The minimum atomic E-state index is -0.359. The van der Waals surface area contributed by atoms with Crippen LogP contribution in [-0.4, -0.2) is 32.3 Å². The van der Waals surface area contributed by atoms with Gasteiger partial charge in [0, 0.05) is 13.1 Å². The van der Waals surface area contributed by atoms with E-state index < -0.39 is 0 Å². The van der Waals surface area contributed by atoms with Crippen LogP contribution in [0.5, 0.6) is 0 Å². The largest absolute Gasteiger partial charge is 0.351 e. The van der Waals surface area contributed by atoms with Crippen molar-refractivity contribution in [3.05, 3.63) is 76.6 Å². The highest BCUT2D eigenvalue weighted by molar-refractivity contribution is 7.99. The van der Waals surface area contributed by atoms with Crippen LogP contribution in [0.4, 0.5) is 0 Å². The van der Waals surface area contributed by atoms with Crippen LogP contribution < -0.4 is 10.6 Å². The summed E-state index contributed by atoms with van der Waals surface area (Å²) >= 11 is 7.52. The van der Waals surface area contributed by atoms with E-state index in [0.29, 0.717) is 34.7 Å². The van der Waals surface area contributed by atoms with Crippen LogP contribution in [0.1, 0.15) is 48.6 Å². The van der Waals surface area contributed by atoms with Gasteiger partial charge in [0.25, 0.3) is 5.91 Å². The van der Waals surface area contributed by atoms with Crippen LogP contribution in [0.25, 0.3) is 0 Å². The van der Waals surface area contributed by atoms with Crippen molar-refractivity contribution >= 4 is 35.2 Å². The summed E-state index contributed by atoms with van der Waals surface area (Å²) in [5, 5.41) is 15.7. The number of carbonyl (C=O) groups is 2. The average Bonchev–Trinajstić information content (AvgIpc) is 3.23. The highest BCUT2D eigenvalue weighted by atomic mass is 35.5. The molecule has 0 fully saturated rings. The van der Waals surface area contributed by atoms with E-state index in [-0.39, 0.29) is 29.5 Å². The van der Waals surface area contributed by atoms with E-state index >= 15 is 0 Å². The fourth-order valence-corrected chi connectivity index (χ4v) is 4.37. The highest BCUT2D eigenvalue weighted by Crippen LogP contribution is 2.26. The van der Waals surface area contributed by atoms with Gasteiger partial charge in [0.2, 0.25) is 5.91 Å². The number of aromatic nitrogens is 3.